The predicted molar refractivity (Wildman–Crippen MR) is 131 cm³/mol. The third kappa shape index (κ3) is 3.90. The topological polar surface area (TPSA) is 122 Å². The molecule has 1 N–H and O–H groups in total. The Morgan fingerprint density at radius 1 is 1.18 bits per heavy atom. The van der Waals surface area contributed by atoms with Crippen LogP contribution < -0.4 is 15.0 Å². The van der Waals surface area contributed by atoms with Crippen LogP contribution in [0.4, 0.5) is 0 Å². The third-order valence-corrected chi connectivity index (χ3v) is 6.83. The fourth-order valence-corrected chi connectivity index (χ4v) is 5.10. The number of amides is 1. The van der Waals surface area contributed by atoms with E-state index in [0.717, 1.165) is 10.7 Å². The summed E-state index contributed by atoms with van der Waals surface area (Å²) in [5.41, 5.74) is 1.89. The molecule has 3 aromatic rings. The van der Waals surface area contributed by atoms with Crippen LogP contribution in [0, 0.1) is 12.3 Å². The first-order valence-electron chi connectivity index (χ1n) is 10.1. The quantitative estimate of drug-likeness (QED) is 0.537. The molecule has 172 valence electrons. The second-order valence-electron chi connectivity index (χ2n) is 7.42. The number of carbonyl (C=O) groups is 1. The number of aryl methyl sites for hydroxylation is 1. The van der Waals surface area contributed by atoms with Gasteiger partial charge in [0, 0.05) is 11.8 Å². The molecule has 0 atom stereocenters. The van der Waals surface area contributed by atoms with Crippen molar-refractivity contribution >= 4 is 51.0 Å². The molecule has 2 aliphatic heterocycles. The number of methoxy groups -OCH3 is 1. The average Bonchev–Trinajstić information content (AvgIpc) is 3.37. The molecule has 0 spiro atoms. The number of thioether (sulfide) groups is 1. The Hall–Kier alpha value is -3.77. The molecular formula is C22H18N6O4S2. The van der Waals surface area contributed by atoms with Crippen LogP contribution in [0.2, 0.25) is 0 Å². The van der Waals surface area contributed by atoms with Gasteiger partial charge in [0.2, 0.25) is 4.96 Å². The van der Waals surface area contributed by atoms with Crippen LogP contribution in [0.1, 0.15) is 23.2 Å². The number of ether oxygens (including phenoxy) is 2. The van der Waals surface area contributed by atoms with Crippen molar-refractivity contribution in [2.45, 2.75) is 20.5 Å². The number of amidine groups is 2. The number of carbonyl (C=O) groups excluding carboxylic acids is 1. The molecule has 0 aliphatic carbocycles. The number of rotatable bonds is 5. The molecule has 2 aliphatic rings. The maximum atomic E-state index is 12.5. The highest BCUT2D eigenvalue weighted by molar-refractivity contribution is 8.16. The van der Waals surface area contributed by atoms with E-state index >= 15 is 0 Å². The van der Waals surface area contributed by atoms with Crippen LogP contribution in [-0.2, 0) is 11.4 Å². The van der Waals surface area contributed by atoms with Crippen LogP contribution in [0.5, 0.6) is 11.5 Å². The lowest BCUT2D eigenvalue weighted by Gasteiger charge is -2.25. The summed E-state index contributed by atoms with van der Waals surface area (Å²) in [4.78, 5) is 35.4. The molecule has 0 saturated carbocycles. The Labute approximate surface area is 201 Å². The van der Waals surface area contributed by atoms with Crippen molar-refractivity contribution < 1.29 is 14.3 Å². The molecule has 0 saturated heterocycles. The summed E-state index contributed by atoms with van der Waals surface area (Å²) in [6, 6.07) is 6.56. The van der Waals surface area contributed by atoms with Crippen molar-refractivity contribution in [3.63, 3.8) is 0 Å². The van der Waals surface area contributed by atoms with Gasteiger partial charge in [0.05, 0.1) is 18.4 Å². The number of aromatic nitrogens is 3. The molecule has 0 unspecified atom stereocenters. The minimum absolute atomic E-state index is 0.0678. The maximum Gasteiger partial charge on any atom is 0.283 e. The summed E-state index contributed by atoms with van der Waals surface area (Å²) < 4.78 is 12.6. The highest BCUT2D eigenvalue weighted by Gasteiger charge is 2.34. The van der Waals surface area contributed by atoms with Gasteiger partial charge in [-0.3, -0.25) is 19.9 Å². The number of hydrogen-bond acceptors (Lipinski definition) is 9. The first-order valence-corrected chi connectivity index (χ1v) is 11.8. The van der Waals surface area contributed by atoms with E-state index < -0.39 is 5.91 Å². The lowest BCUT2D eigenvalue weighted by molar-refractivity contribution is -0.114. The first-order chi connectivity index (χ1) is 16.3. The van der Waals surface area contributed by atoms with E-state index in [1.54, 1.807) is 29.2 Å². The molecule has 4 heterocycles. The van der Waals surface area contributed by atoms with E-state index in [4.69, 9.17) is 14.9 Å². The van der Waals surface area contributed by atoms with Crippen LogP contribution >= 0.6 is 23.1 Å². The maximum absolute atomic E-state index is 12.5. The molecule has 5 rings (SSSR count). The van der Waals surface area contributed by atoms with Crippen molar-refractivity contribution in [2.24, 2.45) is 4.99 Å². The zero-order chi connectivity index (χ0) is 24.0. The Morgan fingerprint density at radius 3 is 2.79 bits per heavy atom. The lowest BCUT2D eigenvalue weighted by Crippen LogP contribution is -2.37. The molecular weight excluding hydrogens is 476 g/mol. The van der Waals surface area contributed by atoms with E-state index in [1.165, 1.54) is 40.8 Å². The van der Waals surface area contributed by atoms with Gasteiger partial charge >= 0.3 is 0 Å². The zero-order valence-electron chi connectivity index (χ0n) is 18.4. The molecule has 0 radical (unpaired) electrons. The van der Waals surface area contributed by atoms with Crippen molar-refractivity contribution in [2.75, 3.05) is 7.11 Å². The number of aliphatic imine (C=N–C) groups is 1. The molecule has 0 bridgehead atoms. The van der Waals surface area contributed by atoms with Crippen LogP contribution in [-0.4, -0.2) is 43.5 Å². The normalized spacial score (nSPS) is 16.7. The average molecular weight is 495 g/mol. The minimum atomic E-state index is -0.461. The molecule has 1 aromatic carbocycles. The number of nitrogens with one attached hydrogen (secondary N) is 1. The predicted octanol–water partition coefficient (Wildman–Crippen LogP) is 3.21. The van der Waals surface area contributed by atoms with Crippen molar-refractivity contribution in [3.05, 3.63) is 67.6 Å². The SMILES string of the molecule is COc1cc(/C=C2/C(=N)N3C(C)=CSC3=NC2=O)ccc1OCc1cc(=O)n2nc(C)sc2n1. The molecule has 10 nitrogen and oxygen atoms in total. The number of benzene rings is 1. The fourth-order valence-electron chi connectivity index (χ4n) is 3.48. The fraction of sp³-hybridized carbons (Fsp3) is 0.182. The van der Waals surface area contributed by atoms with Crippen LogP contribution in [0.25, 0.3) is 11.0 Å². The largest absolute Gasteiger partial charge is 0.493 e. The van der Waals surface area contributed by atoms with E-state index in [-0.39, 0.29) is 23.6 Å². The smallest absolute Gasteiger partial charge is 0.283 e. The Bertz CT molecular complexity index is 1520. The van der Waals surface area contributed by atoms with Gasteiger partial charge in [0.25, 0.3) is 11.5 Å². The third-order valence-electron chi connectivity index (χ3n) is 5.06. The second-order valence-corrected chi connectivity index (χ2v) is 9.42. The zero-order valence-corrected chi connectivity index (χ0v) is 20.0. The summed E-state index contributed by atoms with van der Waals surface area (Å²) in [5.74, 6) is 0.510. The van der Waals surface area contributed by atoms with Crippen molar-refractivity contribution in [1.82, 2.24) is 19.5 Å². The number of hydrogen-bond donors (Lipinski definition) is 1. The van der Waals surface area contributed by atoms with Gasteiger partial charge in [0.1, 0.15) is 17.5 Å². The molecule has 1 amide bonds. The minimum Gasteiger partial charge on any atom is -0.493 e. The van der Waals surface area contributed by atoms with Gasteiger partial charge in [-0.2, -0.15) is 14.6 Å². The lowest BCUT2D eigenvalue weighted by atomic mass is 10.1. The number of nitrogens with zero attached hydrogens (tertiary/aromatic N) is 5. The van der Waals surface area contributed by atoms with Gasteiger partial charge in [0.15, 0.2) is 16.7 Å². The summed E-state index contributed by atoms with van der Waals surface area (Å²) in [5, 5.41) is 15.7. The van der Waals surface area contributed by atoms with Gasteiger partial charge in [-0.05, 0) is 43.0 Å². The number of allylic oxidation sites excluding steroid dienone is 1. The van der Waals surface area contributed by atoms with E-state index in [9.17, 15) is 9.59 Å². The summed E-state index contributed by atoms with van der Waals surface area (Å²) in [6.45, 7) is 3.74. The molecule has 12 heteroatoms. The molecule has 2 aromatic heterocycles. The van der Waals surface area contributed by atoms with Crippen LogP contribution in [0.3, 0.4) is 0 Å². The van der Waals surface area contributed by atoms with E-state index in [0.29, 0.717) is 32.9 Å². The highest BCUT2D eigenvalue weighted by Crippen LogP contribution is 2.33. The standard InChI is InChI=1S/C22H18N6O4S2/c1-11-10-33-21-25-20(30)15(19(23)27(11)21)6-13-4-5-16(17(7-13)31-3)32-9-14-8-18(29)28-22(24-14)34-12(2)26-28/h4-8,10,23H,9H2,1-3H3/b15-6-,23-19?. The summed E-state index contributed by atoms with van der Waals surface area (Å²) in [6.07, 6.45) is 1.61. The Morgan fingerprint density at radius 2 is 2.00 bits per heavy atom. The van der Waals surface area contributed by atoms with Gasteiger partial charge in [-0.1, -0.05) is 29.2 Å². The first kappa shape index (κ1) is 22.0. The highest BCUT2D eigenvalue weighted by atomic mass is 32.2. The van der Waals surface area contributed by atoms with Crippen molar-refractivity contribution in [1.29, 1.82) is 5.41 Å². The number of fused-ring (bicyclic) bond motifs is 2. The monoisotopic (exact) mass is 494 g/mol. The van der Waals surface area contributed by atoms with Gasteiger partial charge in [-0.15, -0.1) is 0 Å². The van der Waals surface area contributed by atoms with Crippen LogP contribution in [0.15, 0.2) is 50.7 Å². The van der Waals surface area contributed by atoms with E-state index in [2.05, 4.69) is 15.1 Å². The Kier molecular flexibility index (Phi) is 5.54. The van der Waals surface area contributed by atoms with Crippen molar-refractivity contribution in [3.8, 4) is 11.5 Å². The molecule has 34 heavy (non-hydrogen) atoms. The molecule has 0 fully saturated rings. The van der Waals surface area contributed by atoms with Gasteiger partial charge in [-0.25, -0.2) is 4.98 Å². The van der Waals surface area contributed by atoms with Gasteiger partial charge < -0.3 is 9.47 Å². The summed E-state index contributed by atoms with van der Waals surface area (Å²) in [7, 11) is 1.51. The second kappa shape index (κ2) is 8.54. The Balaban J connectivity index is 1.39. The summed E-state index contributed by atoms with van der Waals surface area (Å²) >= 11 is 2.65. The van der Waals surface area contributed by atoms with E-state index in [1.807, 2.05) is 19.3 Å².